The number of rotatable bonds is 2. The molecule has 0 saturated carbocycles. The van der Waals surface area contributed by atoms with E-state index >= 15 is 0 Å². The van der Waals surface area contributed by atoms with Gasteiger partial charge in [0.25, 0.3) is 0 Å². The number of para-hydroxylation sites is 1. The molecule has 1 aromatic carbocycles. The third-order valence-corrected chi connectivity index (χ3v) is 3.93. The SMILES string of the molecule is O=C(O)C1CN(C(=O)C2CCNc3ccccc32)C1. The maximum absolute atomic E-state index is 12.4. The lowest BCUT2D eigenvalue weighted by molar-refractivity contribution is -0.153. The smallest absolute Gasteiger partial charge is 0.310 e. The van der Waals surface area contributed by atoms with Crippen molar-refractivity contribution in [1.82, 2.24) is 4.90 Å². The summed E-state index contributed by atoms with van der Waals surface area (Å²) in [5.41, 5.74) is 2.04. The first kappa shape index (κ1) is 12.0. The van der Waals surface area contributed by atoms with E-state index in [2.05, 4.69) is 5.32 Å². The van der Waals surface area contributed by atoms with E-state index in [-0.39, 0.29) is 17.7 Å². The average molecular weight is 260 g/mol. The molecule has 1 aromatic rings. The maximum atomic E-state index is 12.4. The highest BCUT2D eigenvalue weighted by Crippen LogP contribution is 2.34. The average Bonchev–Trinajstić information content (AvgIpc) is 2.35. The van der Waals surface area contributed by atoms with Crippen molar-refractivity contribution in [2.24, 2.45) is 5.92 Å². The van der Waals surface area contributed by atoms with Crippen LogP contribution in [0.5, 0.6) is 0 Å². The summed E-state index contributed by atoms with van der Waals surface area (Å²) in [5, 5.41) is 12.1. The second-order valence-corrected chi connectivity index (χ2v) is 5.13. The Balaban J connectivity index is 1.74. The van der Waals surface area contributed by atoms with Crippen LogP contribution in [0.2, 0.25) is 0 Å². The lowest BCUT2D eigenvalue weighted by atomic mass is 9.87. The summed E-state index contributed by atoms with van der Waals surface area (Å²) in [6.45, 7) is 1.48. The number of hydrogen-bond acceptors (Lipinski definition) is 3. The van der Waals surface area contributed by atoms with Crippen molar-refractivity contribution in [3.8, 4) is 0 Å². The first-order valence-corrected chi connectivity index (χ1v) is 6.51. The third kappa shape index (κ3) is 2.05. The number of benzene rings is 1. The normalized spacial score (nSPS) is 22.1. The Kier molecular flexibility index (Phi) is 2.89. The van der Waals surface area contributed by atoms with E-state index in [0.29, 0.717) is 13.1 Å². The number of carboxylic acid groups (broad SMARTS) is 1. The number of likely N-dealkylation sites (tertiary alicyclic amines) is 1. The van der Waals surface area contributed by atoms with Crippen LogP contribution in [-0.2, 0) is 9.59 Å². The van der Waals surface area contributed by atoms with Gasteiger partial charge in [-0.3, -0.25) is 9.59 Å². The highest BCUT2D eigenvalue weighted by molar-refractivity contribution is 5.88. The second kappa shape index (κ2) is 4.57. The number of aliphatic carboxylic acids is 1. The molecule has 0 bridgehead atoms. The number of anilines is 1. The second-order valence-electron chi connectivity index (χ2n) is 5.13. The molecule has 3 rings (SSSR count). The van der Waals surface area contributed by atoms with Gasteiger partial charge in [-0.05, 0) is 18.1 Å². The van der Waals surface area contributed by atoms with Gasteiger partial charge in [-0.1, -0.05) is 18.2 Å². The molecule has 0 spiro atoms. The Hall–Kier alpha value is -2.04. The highest BCUT2D eigenvalue weighted by Gasteiger charge is 2.39. The Bertz CT molecular complexity index is 523. The number of fused-ring (bicyclic) bond motifs is 1. The molecule has 19 heavy (non-hydrogen) atoms. The van der Waals surface area contributed by atoms with E-state index in [0.717, 1.165) is 24.2 Å². The van der Waals surface area contributed by atoms with Crippen LogP contribution >= 0.6 is 0 Å². The van der Waals surface area contributed by atoms with Gasteiger partial charge < -0.3 is 15.3 Å². The number of nitrogens with one attached hydrogen (secondary N) is 1. The Labute approximate surface area is 111 Å². The third-order valence-electron chi connectivity index (χ3n) is 3.93. The van der Waals surface area contributed by atoms with E-state index in [1.807, 2.05) is 24.3 Å². The van der Waals surface area contributed by atoms with Gasteiger partial charge in [0, 0.05) is 25.3 Å². The first-order chi connectivity index (χ1) is 9.16. The van der Waals surface area contributed by atoms with Crippen molar-refractivity contribution in [3.05, 3.63) is 29.8 Å². The van der Waals surface area contributed by atoms with Gasteiger partial charge in [0.2, 0.25) is 5.91 Å². The van der Waals surface area contributed by atoms with Gasteiger partial charge in [-0.2, -0.15) is 0 Å². The molecule has 0 aliphatic carbocycles. The van der Waals surface area contributed by atoms with Crippen LogP contribution in [0.3, 0.4) is 0 Å². The number of hydrogen-bond donors (Lipinski definition) is 2. The number of amides is 1. The van der Waals surface area contributed by atoms with Crippen LogP contribution in [0.15, 0.2) is 24.3 Å². The molecule has 5 heteroatoms. The van der Waals surface area contributed by atoms with Gasteiger partial charge >= 0.3 is 5.97 Å². The van der Waals surface area contributed by atoms with Crippen LogP contribution in [0, 0.1) is 5.92 Å². The molecule has 2 aliphatic heterocycles. The van der Waals surface area contributed by atoms with Crippen molar-refractivity contribution < 1.29 is 14.7 Å². The quantitative estimate of drug-likeness (QED) is 0.836. The molecule has 0 aromatic heterocycles. The van der Waals surface area contributed by atoms with Crippen molar-refractivity contribution in [3.63, 3.8) is 0 Å². The van der Waals surface area contributed by atoms with Crippen molar-refractivity contribution in [2.75, 3.05) is 25.0 Å². The molecular formula is C14H16N2O3. The van der Waals surface area contributed by atoms with Crippen LogP contribution in [0.4, 0.5) is 5.69 Å². The van der Waals surface area contributed by atoms with Crippen molar-refractivity contribution in [2.45, 2.75) is 12.3 Å². The first-order valence-electron chi connectivity index (χ1n) is 6.51. The molecular weight excluding hydrogens is 244 g/mol. The molecule has 1 unspecified atom stereocenters. The minimum atomic E-state index is -0.810. The van der Waals surface area contributed by atoms with Crippen LogP contribution in [0.25, 0.3) is 0 Å². The van der Waals surface area contributed by atoms with Crippen molar-refractivity contribution in [1.29, 1.82) is 0 Å². The zero-order chi connectivity index (χ0) is 13.4. The molecule has 1 amide bonds. The zero-order valence-electron chi connectivity index (χ0n) is 10.5. The topological polar surface area (TPSA) is 69.6 Å². The van der Waals surface area contributed by atoms with Crippen molar-refractivity contribution >= 4 is 17.6 Å². The summed E-state index contributed by atoms with van der Waals surface area (Å²) in [4.78, 5) is 24.9. The molecule has 5 nitrogen and oxygen atoms in total. The zero-order valence-corrected chi connectivity index (χ0v) is 10.5. The molecule has 0 radical (unpaired) electrons. The van der Waals surface area contributed by atoms with E-state index in [1.54, 1.807) is 4.90 Å². The highest BCUT2D eigenvalue weighted by atomic mass is 16.4. The summed E-state index contributed by atoms with van der Waals surface area (Å²) in [6.07, 6.45) is 0.768. The molecule has 2 heterocycles. The Morgan fingerprint density at radius 1 is 1.26 bits per heavy atom. The number of nitrogens with zero attached hydrogens (tertiary/aromatic N) is 1. The van der Waals surface area contributed by atoms with E-state index < -0.39 is 5.97 Å². The number of carboxylic acids is 1. The van der Waals surface area contributed by atoms with E-state index in [1.165, 1.54) is 0 Å². The monoisotopic (exact) mass is 260 g/mol. The van der Waals surface area contributed by atoms with E-state index in [9.17, 15) is 9.59 Å². The summed E-state index contributed by atoms with van der Waals surface area (Å²) in [7, 11) is 0. The van der Waals surface area contributed by atoms with E-state index in [4.69, 9.17) is 5.11 Å². The number of carbonyl (C=O) groups is 2. The van der Waals surface area contributed by atoms with Crippen LogP contribution in [-0.4, -0.2) is 41.5 Å². The van der Waals surface area contributed by atoms with Gasteiger partial charge in [-0.25, -0.2) is 0 Å². The fourth-order valence-electron chi connectivity index (χ4n) is 2.76. The summed E-state index contributed by atoms with van der Waals surface area (Å²) >= 11 is 0. The molecule has 1 saturated heterocycles. The van der Waals surface area contributed by atoms with Gasteiger partial charge in [-0.15, -0.1) is 0 Å². The molecule has 1 fully saturated rings. The van der Waals surface area contributed by atoms with Gasteiger partial charge in [0.15, 0.2) is 0 Å². The predicted molar refractivity (Wildman–Crippen MR) is 70.0 cm³/mol. The largest absolute Gasteiger partial charge is 0.481 e. The number of carbonyl (C=O) groups excluding carboxylic acids is 1. The molecule has 100 valence electrons. The van der Waals surface area contributed by atoms with Gasteiger partial charge in [0.1, 0.15) is 0 Å². The molecule has 2 N–H and O–H groups in total. The Morgan fingerprint density at radius 3 is 2.74 bits per heavy atom. The minimum absolute atomic E-state index is 0.0615. The summed E-state index contributed by atoms with van der Waals surface area (Å²) in [6, 6.07) is 7.83. The summed E-state index contributed by atoms with van der Waals surface area (Å²) in [5.74, 6) is -1.27. The fraction of sp³-hybridized carbons (Fsp3) is 0.429. The lowest BCUT2D eigenvalue weighted by Crippen LogP contribution is -2.54. The molecule has 2 aliphatic rings. The molecule has 1 atom stereocenters. The maximum Gasteiger partial charge on any atom is 0.310 e. The fourth-order valence-corrected chi connectivity index (χ4v) is 2.76. The van der Waals surface area contributed by atoms with Crippen LogP contribution in [0.1, 0.15) is 17.9 Å². The van der Waals surface area contributed by atoms with Crippen LogP contribution < -0.4 is 5.32 Å². The summed E-state index contributed by atoms with van der Waals surface area (Å²) < 4.78 is 0. The minimum Gasteiger partial charge on any atom is -0.481 e. The lowest BCUT2D eigenvalue weighted by Gasteiger charge is -2.40. The standard InChI is InChI=1S/C14H16N2O3/c17-13(16-7-9(8-16)14(18)19)11-5-6-15-12-4-2-1-3-10(11)12/h1-4,9,11,15H,5-8H2,(H,18,19). The predicted octanol–water partition coefficient (Wildman–Crippen LogP) is 1.13. The van der Waals surface area contributed by atoms with Gasteiger partial charge in [0.05, 0.1) is 11.8 Å². The Morgan fingerprint density at radius 2 is 2.00 bits per heavy atom.